The SMILES string of the molecule is C=C1CCC2C3(C)COC(c4ccc(Cl)cc4)OC3CCC2(C)C1/C=C/C1=CCOC1=O. The van der Waals surface area contributed by atoms with Gasteiger partial charge in [0, 0.05) is 21.9 Å². The fourth-order valence-electron chi connectivity index (χ4n) is 6.63. The third kappa shape index (κ3) is 3.57. The third-order valence-electron chi connectivity index (χ3n) is 8.37. The number of cyclic esters (lactones) is 1. The minimum absolute atomic E-state index is 0.0555. The second-order valence-corrected chi connectivity index (χ2v) is 10.7. The van der Waals surface area contributed by atoms with Crippen molar-refractivity contribution in [1.82, 2.24) is 0 Å². The molecule has 0 amide bonds. The van der Waals surface area contributed by atoms with Crippen LogP contribution in [0.25, 0.3) is 0 Å². The number of carbonyl (C=O) groups is 1. The lowest BCUT2D eigenvalue weighted by atomic mass is 9.46. The van der Waals surface area contributed by atoms with E-state index in [2.05, 4.69) is 26.5 Å². The highest BCUT2D eigenvalue weighted by atomic mass is 35.5. The quantitative estimate of drug-likeness (QED) is 0.404. The lowest BCUT2D eigenvalue weighted by molar-refractivity contribution is -0.306. The molecule has 2 aliphatic carbocycles. The summed E-state index contributed by atoms with van der Waals surface area (Å²) in [6, 6.07) is 7.73. The van der Waals surface area contributed by atoms with Crippen molar-refractivity contribution >= 4 is 17.6 Å². The van der Waals surface area contributed by atoms with Gasteiger partial charge in [-0.1, -0.05) is 61.9 Å². The van der Waals surface area contributed by atoms with Gasteiger partial charge in [0.2, 0.25) is 0 Å². The van der Waals surface area contributed by atoms with Gasteiger partial charge < -0.3 is 14.2 Å². The number of benzene rings is 1. The second-order valence-electron chi connectivity index (χ2n) is 10.2. The van der Waals surface area contributed by atoms with Crippen LogP contribution >= 0.6 is 11.6 Å². The van der Waals surface area contributed by atoms with Crippen LogP contribution in [0.3, 0.4) is 0 Å². The van der Waals surface area contributed by atoms with E-state index in [-0.39, 0.29) is 35.1 Å². The van der Waals surface area contributed by atoms with E-state index in [1.165, 1.54) is 5.57 Å². The summed E-state index contributed by atoms with van der Waals surface area (Å²) < 4.78 is 17.9. The molecule has 6 atom stereocenters. The van der Waals surface area contributed by atoms with Crippen LogP contribution in [0.15, 0.2) is 60.2 Å². The summed E-state index contributed by atoms with van der Waals surface area (Å²) in [5.74, 6) is 0.439. The van der Waals surface area contributed by atoms with Gasteiger partial charge in [-0.25, -0.2) is 4.79 Å². The van der Waals surface area contributed by atoms with Crippen LogP contribution in [-0.2, 0) is 19.0 Å². The molecule has 6 unspecified atom stereocenters. The van der Waals surface area contributed by atoms with Crippen LogP contribution in [0.4, 0.5) is 0 Å². The fraction of sp³-hybridized carbons (Fsp3) is 0.519. The molecule has 4 aliphatic rings. The smallest absolute Gasteiger partial charge is 0.338 e. The van der Waals surface area contributed by atoms with E-state index in [9.17, 15) is 4.79 Å². The Morgan fingerprint density at radius 2 is 1.94 bits per heavy atom. The van der Waals surface area contributed by atoms with Gasteiger partial charge in [-0.05, 0) is 55.2 Å². The summed E-state index contributed by atoms with van der Waals surface area (Å²) >= 11 is 6.05. The molecule has 1 saturated heterocycles. The molecular weight excluding hydrogens is 424 g/mol. The number of hydrogen-bond donors (Lipinski definition) is 0. The van der Waals surface area contributed by atoms with Crippen molar-refractivity contribution in [3.05, 3.63) is 70.8 Å². The topological polar surface area (TPSA) is 44.8 Å². The molecule has 32 heavy (non-hydrogen) atoms. The summed E-state index contributed by atoms with van der Waals surface area (Å²) in [6.45, 7) is 10.2. The third-order valence-corrected chi connectivity index (χ3v) is 8.63. The number of halogens is 1. The van der Waals surface area contributed by atoms with Crippen molar-refractivity contribution in [1.29, 1.82) is 0 Å². The Hall–Kier alpha value is -1.88. The molecule has 1 aromatic rings. The standard InChI is InChI=1S/C27H31ClO4/c1-17-4-11-22-26(2,21(17)10-7-18-13-15-30-24(18)29)14-12-23-27(22,3)16-31-25(32-23)19-5-8-20(28)9-6-19/h5-10,13,21-23,25H,1,4,11-12,14-16H2,2-3H3/b10-7+. The molecule has 0 spiro atoms. The van der Waals surface area contributed by atoms with Crippen molar-refractivity contribution in [3.8, 4) is 0 Å². The van der Waals surface area contributed by atoms with Crippen molar-refractivity contribution in [3.63, 3.8) is 0 Å². The maximum absolute atomic E-state index is 11.9. The van der Waals surface area contributed by atoms with E-state index < -0.39 is 0 Å². The van der Waals surface area contributed by atoms with Crippen LogP contribution in [0, 0.1) is 22.7 Å². The van der Waals surface area contributed by atoms with Gasteiger partial charge in [-0.3, -0.25) is 0 Å². The van der Waals surface area contributed by atoms with Crippen molar-refractivity contribution in [2.75, 3.05) is 13.2 Å². The van der Waals surface area contributed by atoms with Crippen molar-refractivity contribution in [2.45, 2.75) is 51.9 Å². The summed E-state index contributed by atoms with van der Waals surface area (Å²) in [5, 5.41) is 0.714. The molecule has 0 N–H and O–H groups in total. The van der Waals surface area contributed by atoms with E-state index in [4.69, 9.17) is 25.8 Å². The number of esters is 1. The predicted molar refractivity (Wildman–Crippen MR) is 124 cm³/mol. The maximum atomic E-state index is 11.9. The van der Waals surface area contributed by atoms with Crippen LogP contribution in [0.5, 0.6) is 0 Å². The number of ether oxygens (including phenoxy) is 3. The first-order valence-electron chi connectivity index (χ1n) is 11.6. The van der Waals surface area contributed by atoms with Gasteiger partial charge in [-0.2, -0.15) is 0 Å². The second kappa shape index (κ2) is 8.16. The fourth-order valence-corrected chi connectivity index (χ4v) is 6.75. The lowest BCUT2D eigenvalue weighted by Gasteiger charge is -2.62. The van der Waals surface area contributed by atoms with Gasteiger partial charge in [0.15, 0.2) is 6.29 Å². The molecule has 0 aromatic heterocycles. The number of carbonyl (C=O) groups excluding carboxylic acids is 1. The Balaban J connectivity index is 1.38. The van der Waals surface area contributed by atoms with Crippen molar-refractivity contribution in [2.24, 2.45) is 22.7 Å². The number of rotatable bonds is 3. The van der Waals surface area contributed by atoms with E-state index in [1.54, 1.807) is 0 Å². The Morgan fingerprint density at radius 3 is 2.66 bits per heavy atom. The number of hydrogen-bond acceptors (Lipinski definition) is 4. The Labute approximate surface area is 195 Å². The number of allylic oxidation sites excluding steroid dienone is 2. The highest BCUT2D eigenvalue weighted by Gasteiger charge is 2.60. The highest BCUT2D eigenvalue weighted by molar-refractivity contribution is 6.30. The van der Waals surface area contributed by atoms with E-state index in [0.717, 1.165) is 31.2 Å². The summed E-state index contributed by atoms with van der Waals surface area (Å²) in [7, 11) is 0. The zero-order valence-corrected chi connectivity index (χ0v) is 19.6. The first kappa shape index (κ1) is 21.9. The van der Waals surface area contributed by atoms with Gasteiger partial charge in [0.1, 0.15) is 6.61 Å². The van der Waals surface area contributed by atoms with Crippen LogP contribution in [0.1, 0.15) is 51.4 Å². The first-order chi connectivity index (χ1) is 15.3. The molecule has 4 nitrogen and oxygen atoms in total. The van der Waals surface area contributed by atoms with Gasteiger partial charge in [-0.15, -0.1) is 0 Å². The molecule has 5 rings (SSSR count). The van der Waals surface area contributed by atoms with Crippen LogP contribution in [-0.4, -0.2) is 25.3 Å². The van der Waals surface area contributed by atoms with Gasteiger partial charge >= 0.3 is 5.97 Å². The Kier molecular flexibility index (Phi) is 5.59. The highest BCUT2D eigenvalue weighted by Crippen LogP contribution is 2.63. The zero-order valence-electron chi connectivity index (χ0n) is 18.8. The van der Waals surface area contributed by atoms with Crippen LogP contribution in [0.2, 0.25) is 5.02 Å². The molecule has 3 fully saturated rings. The molecule has 2 aliphatic heterocycles. The van der Waals surface area contributed by atoms with Crippen molar-refractivity contribution < 1.29 is 19.0 Å². The molecule has 0 radical (unpaired) electrons. The van der Waals surface area contributed by atoms with E-state index in [0.29, 0.717) is 29.7 Å². The first-order valence-corrected chi connectivity index (χ1v) is 11.9. The Bertz CT molecular complexity index is 980. The summed E-state index contributed by atoms with van der Waals surface area (Å²) in [4.78, 5) is 11.9. The molecule has 2 saturated carbocycles. The summed E-state index contributed by atoms with van der Waals surface area (Å²) in [5.41, 5.74) is 2.91. The predicted octanol–water partition coefficient (Wildman–Crippen LogP) is 6.18. The summed E-state index contributed by atoms with van der Waals surface area (Å²) in [6.07, 6.45) is 9.92. The van der Waals surface area contributed by atoms with E-state index >= 15 is 0 Å². The van der Waals surface area contributed by atoms with Gasteiger partial charge in [0.05, 0.1) is 18.3 Å². The monoisotopic (exact) mass is 454 g/mol. The maximum Gasteiger partial charge on any atom is 0.338 e. The molecule has 2 heterocycles. The van der Waals surface area contributed by atoms with Gasteiger partial charge in [0.25, 0.3) is 0 Å². The molecule has 1 aromatic carbocycles. The lowest BCUT2D eigenvalue weighted by Crippen LogP contribution is -2.60. The number of fused-ring (bicyclic) bond motifs is 3. The minimum Gasteiger partial charge on any atom is -0.458 e. The molecule has 0 bridgehead atoms. The minimum atomic E-state index is -0.343. The molecule has 170 valence electrons. The Morgan fingerprint density at radius 1 is 1.16 bits per heavy atom. The largest absolute Gasteiger partial charge is 0.458 e. The average molecular weight is 455 g/mol. The van der Waals surface area contributed by atoms with Crippen LogP contribution < -0.4 is 0 Å². The molecule has 5 heteroatoms. The molecular formula is C27H31ClO4. The van der Waals surface area contributed by atoms with E-state index in [1.807, 2.05) is 36.4 Å². The average Bonchev–Trinajstić information content (AvgIpc) is 3.18. The zero-order chi connectivity index (χ0) is 22.5. The normalized spacial score (nSPS) is 39.4.